The van der Waals surface area contributed by atoms with Gasteiger partial charge in [0.1, 0.15) is 16.8 Å². The van der Waals surface area contributed by atoms with E-state index in [0.29, 0.717) is 16.7 Å². The number of rotatable bonds is 3. The summed E-state index contributed by atoms with van der Waals surface area (Å²) in [4.78, 5) is 30.9. The number of aryl methyl sites for hydroxylation is 1. The average molecular weight is 393 g/mol. The lowest BCUT2D eigenvalue weighted by Crippen LogP contribution is -2.40. The zero-order chi connectivity index (χ0) is 20.7. The van der Waals surface area contributed by atoms with Crippen molar-refractivity contribution in [3.63, 3.8) is 0 Å². The van der Waals surface area contributed by atoms with Gasteiger partial charge in [-0.05, 0) is 51.3 Å². The van der Waals surface area contributed by atoms with Crippen molar-refractivity contribution in [2.75, 3.05) is 0 Å². The summed E-state index contributed by atoms with van der Waals surface area (Å²) in [7, 11) is 0. The summed E-state index contributed by atoms with van der Waals surface area (Å²) in [6, 6.07) is 5.27. The maximum atomic E-state index is 13.2. The maximum absolute atomic E-state index is 13.2. The third kappa shape index (κ3) is 3.34. The van der Waals surface area contributed by atoms with Gasteiger partial charge in [-0.1, -0.05) is 25.3 Å². The zero-order valence-corrected chi connectivity index (χ0v) is 17.2. The molecule has 7 heteroatoms. The molecule has 2 N–H and O–H groups in total. The van der Waals surface area contributed by atoms with Crippen molar-refractivity contribution in [1.82, 2.24) is 19.3 Å². The second kappa shape index (κ2) is 7.46. The van der Waals surface area contributed by atoms with Gasteiger partial charge in [-0.25, -0.2) is 4.98 Å². The van der Waals surface area contributed by atoms with Gasteiger partial charge in [-0.3, -0.25) is 19.4 Å². The lowest BCUT2D eigenvalue weighted by atomic mass is 9.95. The number of carbonyl (C=O) groups is 1. The number of amides is 1. The topological polar surface area (TPSA) is 92.3 Å². The number of nitrogens with zero attached hydrogens (tertiary/aromatic N) is 3. The molecule has 1 aliphatic rings. The van der Waals surface area contributed by atoms with Crippen LogP contribution in [0, 0.1) is 12.3 Å². The predicted octanol–water partition coefficient (Wildman–Crippen LogP) is 3.08. The quantitative estimate of drug-likeness (QED) is 0.670. The van der Waals surface area contributed by atoms with Crippen LogP contribution < -0.4 is 16.4 Å². The molecule has 1 amide bonds. The Balaban J connectivity index is 1.94. The molecule has 3 heterocycles. The Morgan fingerprint density at radius 3 is 2.66 bits per heavy atom. The van der Waals surface area contributed by atoms with Crippen LogP contribution in [0.5, 0.6) is 0 Å². The van der Waals surface area contributed by atoms with Crippen molar-refractivity contribution in [3.05, 3.63) is 51.4 Å². The number of hydrogen-bond donors (Lipinski definition) is 2. The number of aromatic nitrogens is 3. The fraction of sp³-hybridized carbons (Fsp3) is 0.455. The molecule has 0 saturated heterocycles. The normalized spacial score (nSPS) is 15.3. The highest BCUT2D eigenvalue weighted by Crippen LogP contribution is 2.19. The molecule has 3 aromatic rings. The van der Waals surface area contributed by atoms with Crippen molar-refractivity contribution in [2.45, 2.75) is 65.0 Å². The van der Waals surface area contributed by atoms with E-state index in [-0.39, 0.29) is 34.6 Å². The highest BCUT2D eigenvalue weighted by molar-refractivity contribution is 5.97. The minimum atomic E-state index is -0.285. The highest BCUT2D eigenvalue weighted by atomic mass is 16.2. The standard InChI is InChI=1S/C22H27N5O2/c1-13(2)27-18(23)16(21(28)24-15-9-5-4-6-10-15)12-17-20(27)25-19-14(3)8-7-11-26(19)22(17)29/h7-8,11-13,15,23H,4-6,9-10H2,1-3H3,(H,24,28). The Hall–Kier alpha value is -2.96. The molecule has 7 nitrogen and oxygen atoms in total. The smallest absolute Gasteiger partial charge is 0.267 e. The Morgan fingerprint density at radius 1 is 1.24 bits per heavy atom. The van der Waals surface area contributed by atoms with E-state index in [4.69, 9.17) is 10.4 Å². The highest BCUT2D eigenvalue weighted by Gasteiger charge is 2.22. The van der Waals surface area contributed by atoms with Gasteiger partial charge in [-0.15, -0.1) is 0 Å². The molecule has 0 aromatic carbocycles. The molecule has 0 bridgehead atoms. The van der Waals surface area contributed by atoms with Crippen molar-refractivity contribution >= 4 is 22.6 Å². The summed E-state index contributed by atoms with van der Waals surface area (Å²) in [5, 5.41) is 12.1. The fourth-order valence-electron chi connectivity index (χ4n) is 4.24. The third-order valence-electron chi connectivity index (χ3n) is 5.78. The molecule has 0 aliphatic heterocycles. The van der Waals surface area contributed by atoms with Gasteiger partial charge in [0.15, 0.2) is 0 Å². The zero-order valence-electron chi connectivity index (χ0n) is 17.2. The summed E-state index contributed by atoms with van der Waals surface area (Å²) >= 11 is 0. The minimum absolute atomic E-state index is 0.0886. The van der Waals surface area contributed by atoms with Gasteiger partial charge < -0.3 is 9.88 Å². The molecule has 0 spiro atoms. The van der Waals surface area contributed by atoms with Crippen LogP contribution in [0.25, 0.3) is 16.7 Å². The lowest BCUT2D eigenvalue weighted by molar-refractivity contribution is 0.0925. The third-order valence-corrected chi connectivity index (χ3v) is 5.78. The fourth-order valence-corrected chi connectivity index (χ4v) is 4.24. The maximum Gasteiger partial charge on any atom is 0.267 e. The van der Waals surface area contributed by atoms with E-state index in [1.54, 1.807) is 16.8 Å². The van der Waals surface area contributed by atoms with E-state index >= 15 is 0 Å². The Kier molecular flexibility index (Phi) is 4.98. The first-order valence-electron chi connectivity index (χ1n) is 10.3. The molecule has 0 radical (unpaired) electrons. The van der Waals surface area contributed by atoms with Gasteiger partial charge in [0.25, 0.3) is 11.5 Å². The molecule has 1 fully saturated rings. The van der Waals surface area contributed by atoms with E-state index in [0.717, 1.165) is 31.2 Å². The van der Waals surface area contributed by atoms with Gasteiger partial charge in [-0.2, -0.15) is 0 Å². The van der Waals surface area contributed by atoms with Gasteiger partial charge in [0.05, 0.1) is 10.9 Å². The second-order valence-corrected chi connectivity index (χ2v) is 8.22. The first-order chi connectivity index (χ1) is 13.9. The first-order valence-corrected chi connectivity index (χ1v) is 10.3. The Bertz CT molecular complexity index is 1220. The minimum Gasteiger partial charge on any atom is -0.349 e. The number of pyridine rings is 2. The predicted molar refractivity (Wildman–Crippen MR) is 112 cm³/mol. The van der Waals surface area contributed by atoms with Crippen LogP contribution >= 0.6 is 0 Å². The van der Waals surface area contributed by atoms with Crippen LogP contribution in [0.3, 0.4) is 0 Å². The summed E-state index contributed by atoms with van der Waals surface area (Å²) in [6.07, 6.45) is 7.04. The Labute approximate surface area is 168 Å². The largest absolute Gasteiger partial charge is 0.349 e. The van der Waals surface area contributed by atoms with Crippen LogP contribution in [0.4, 0.5) is 0 Å². The van der Waals surface area contributed by atoms with Crippen molar-refractivity contribution < 1.29 is 4.79 Å². The molecule has 3 aromatic heterocycles. The molecule has 4 rings (SSSR count). The van der Waals surface area contributed by atoms with Crippen molar-refractivity contribution in [3.8, 4) is 0 Å². The average Bonchev–Trinajstić information content (AvgIpc) is 2.69. The SMILES string of the molecule is Cc1cccn2c(=O)c3cc(C(=O)NC4CCCCC4)c(=N)n(C(C)C)c3nc12. The monoisotopic (exact) mass is 393 g/mol. The summed E-state index contributed by atoms with van der Waals surface area (Å²) in [5.74, 6) is -0.285. The van der Waals surface area contributed by atoms with E-state index < -0.39 is 0 Å². The van der Waals surface area contributed by atoms with Crippen LogP contribution in [-0.2, 0) is 0 Å². The lowest BCUT2D eigenvalue weighted by Gasteiger charge is -2.23. The summed E-state index contributed by atoms with van der Waals surface area (Å²) < 4.78 is 3.19. The van der Waals surface area contributed by atoms with Crippen LogP contribution in [0.15, 0.2) is 29.2 Å². The number of carbonyl (C=O) groups excluding carboxylic acids is 1. The summed E-state index contributed by atoms with van der Waals surface area (Å²) in [5.41, 5.74) is 1.98. The molecule has 0 unspecified atom stereocenters. The number of nitrogens with one attached hydrogen (secondary N) is 2. The number of fused-ring (bicyclic) bond motifs is 2. The van der Waals surface area contributed by atoms with Crippen molar-refractivity contribution in [1.29, 1.82) is 5.41 Å². The molecule has 0 atom stereocenters. The first kappa shape index (κ1) is 19.4. The molecule has 1 saturated carbocycles. The van der Waals surface area contributed by atoms with Gasteiger partial charge in [0.2, 0.25) is 0 Å². The summed E-state index contributed by atoms with van der Waals surface area (Å²) in [6.45, 7) is 5.77. The van der Waals surface area contributed by atoms with E-state index in [2.05, 4.69) is 5.32 Å². The van der Waals surface area contributed by atoms with Gasteiger partial charge in [0, 0.05) is 18.3 Å². The molecule has 152 valence electrons. The molecule has 1 aliphatic carbocycles. The second-order valence-electron chi connectivity index (χ2n) is 8.22. The van der Waals surface area contributed by atoms with Crippen molar-refractivity contribution in [2.24, 2.45) is 0 Å². The van der Waals surface area contributed by atoms with Crippen LogP contribution in [0.2, 0.25) is 0 Å². The van der Waals surface area contributed by atoms with E-state index in [1.807, 2.05) is 32.9 Å². The Morgan fingerprint density at radius 2 is 1.97 bits per heavy atom. The molecular weight excluding hydrogens is 366 g/mol. The van der Waals surface area contributed by atoms with E-state index in [1.165, 1.54) is 10.8 Å². The molecule has 29 heavy (non-hydrogen) atoms. The van der Waals surface area contributed by atoms with Gasteiger partial charge >= 0.3 is 0 Å². The number of hydrogen-bond acceptors (Lipinski definition) is 4. The van der Waals surface area contributed by atoms with E-state index in [9.17, 15) is 9.59 Å². The van der Waals surface area contributed by atoms with Crippen LogP contribution in [-0.4, -0.2) is 25.9 Å². The van der Waals surface area contributed by atoms with Crippen LogP contribution in [0.1, 0.15) is 67.9 Å². The molecular formula is C22H27N5O2.